The first-order valence-corrected chi connectivity index (χ1v) is 9.82. The Hall–Kier alpha value is -4.01. The summed E-state index contributed by atoms with van der Waals surface area (Å²) in [5.74, 6) is -0.264. The molecule has 0 saturated heterocycles. The molecule has 3 aromatic rings. The first-order chi connectivity index (χ1) is 14.9. The highest BCUT2D eigenvalue weighted by Crippen LogP contribution is 2.37. The number of nitrogens with one attached hydrogen (secondary N) is 1. The van der Waals surface area contributed by atoms with Crippen LogP contribution in [0.1, 0.15) is 29.8 Å². The van der Waals surface area contributed by atoms with Crippen molar-refractivity contribution >= 4 is 34.7 Å². The van der Waals surface area contributed by atoms with E-state index < -0.39 is 10.9 Å². The third-order valence-corrected chi connectivity index (χ3v) is 4.51. The van der Waals surface area contributed by atoms with Gasteiger partial charge in [0.1, 0.15) is 6.33 Å². The van der Waals surface area contributed by atoms with Gasteiger partial charge in [-0.05, 0) is 56.7 Å². The zero-order chi connectivity index (χ0) is 22.4. The Morgan fingerprint density at radius 1 is 1.16 bits per heavy atom. The predicted molar refractivity (Wildman–Crippen MR) is 118 cm³/mol. The highest BCUT2D eigenvalue weighted by Gasteiger charge is 2.27. The van der Waals surface area contributed by atoms with Crippen molar-refractivity contribution in [2.24, 2.45) is 0 Å². The maximum atomic E-state index is 12.0. The average Bonchev–Trinajstić information content (AvgIpc) is 2.75. The van der Waals surface area contributed by atoms with Gasteiger partial charge >= 0.3 is 11.7 Å². The number of aryl methyl sites for hydroxylation is 1. The summed E-state index contributed by atoms with van der Waals surface area (Å²) in [6.07, 6.45) is 1.28. The molecule has 0 bridgehead atoms. The fraction of sp³-hybridized carbons (Fsp3) is 0.227. The van der Waals surface area contributed by atoms with E-state index in [-0.39, 0.29) is 23.9 Å². The van der Waals surface area contributed by atoms with Crippen LogP contribution in [0.5, 0.6) is 0 Å². The van der Waals surface area contributed by atoms with Crippen molar-refractivity contribution in [3.05, 3.63) is 76.1 Å². The fourth-order valence-electron chi connectivity index (χ4n) is 3.15. The van der Waals surface area contributed by atoms with E-state index in [9.17, 15) is 14.9 Å². The highest BCUT2D eigenvalue weighted by atomic mass is 16.6. The molecule has 0 atom stereocenters. The number of rotatable bonds is 8. The number of nitrogens with zero attached hydrogens (tertiary/aromatic N) is 4. The van der Waals surface area contributed by atoms with Crippen molar-refractivity contribution in [3.8, 4) is 0 Å². The van der Waals surface area contributed by atoms with E-state index in [2.05, 4.69) is 15.3 Å². The minimum atomic E-state index is -0.509. The van der Waals surface area contributed by atoms with Crippen LogP contribution in [0.4, 0.5) is 28.7 Å². The van der Waals surface area contributed by atoms with Gasteiger partial charge in [-0.3, -0.25) is 10.1 Å². The SMILES string of the molecule is CCOC(=O)c1cccc(Nc2ncnc(N(CC)c3cccc(C)c3)c2[N+](=O)[O-])c1. The zero-order valence-corrected chi connectivity index (χ0v) is 17.5. The second-order valence-electron chi connectivity index (χ2n) is 6.66. The highest BCUT2D eigenvalue weighted by molar-refractivity contribution is 5.91. The number of aromatic nitrogens is 2. The van der Waals surface area contributed by atoms with Crippen molar-refractivity contribution < 1.29 is 14.5 Å². The predicted octanol–water partition coefficient (Wildman–Crippen LogP) is 4.77. The molecule has 9 heteroatoms. The van der Waals surface area contributed by atoms with Gasteiger partial charge in [0.15, 0.2) is 0 Å². The lowest BCUT2D eigenvalue weighted by Crippen LogP contribution is -2.20. The molecule has 31 heavy (non-hydrogen) atoms. The Labute approximate surface area is 179 Å². The van der Waals surface area contributed by atoms with Gasteiger partial charge < -0.3 is 15.0 Å². The molecule has 160 valence electrons. The van der Waals surface area contributed by atoms with Crippen molar-refractivity contribution in [1.82, 2.24) is 9.97 Å². The summed E-state index contributed by atoms with van der Waals surface area (Å²) in [6, 6.07) is 14.2. The Balaban J connectivity index is 2.02. The first kappa shape index (κ1) is 21.7. The topological polar surface area (TPSA) is 110 Å². The van der Waals surface area contributed by atoms with Crippen LogP contribution in [0.25, 0.3) is 0 Å². The molecule has 0 radical (unpaired) electrons. The van der Waals surface area contributed by atoms with Gasteiger partial charge in [-0.15, -0.1) is 0 Å². The molecular weight excluding hydrogens is 398 g/mol. The smallest absolute Gasteiger partial charge is 0.354 e. The van der Waals surface area contributed by atoms with E-state index >= 15 is 0 Å². The third kappa shape index (κ3) is 4.95. The van der Waals surface area contributed by atoms with Crippen LogP contribution in [0.3, 0.4) is 0 Å². The van der Waals surface area contributed by atoms with Gasteiger partial charge in [0.25, 0.3) is 0 Å². The lowest BCUT2D eigenvalue weighted by atomic mass is 10.2. The van der Waals surface area contributed by atoms with Crippen molar-refractivity contribution in [1.29, 1.82) is 0 Å². The molecule has 3 rings (SSSR count). The molecule has 0 aliphatic heterocycles. The lowest BCUT2D eigenvalue weighted by Gasteiger charge is -2.22. The van der Waals surface area contributed by atoms with Crippen molar-refractivity contribution in [2.45, 2.75) is 20.8 Å². The van der Waals surface area contributed by atoms with Gasteiger partial charge in [0.2, 0.25) is 11.6 Å². The Bertz CT molecular complexity index is 1100. The molecule has 0 amide bonds. The second kappa shape index (κ2) is 9.66. The van der Waals surface area contributed by atoms with Crippen molar-refractivity contribution in [2.75, 3.05) is 23.4 Å². The summed E-state index contributed by atoms with van der Waals surface area (Å²) in [5.41, 5.74) is 2.37. The van der Waals surface area contributed by atoms with Gasteiger partial charge in [0, 0.05) is 17.9 Å². The summed E-state index contributed by atoms with van der Waals surface area (Å²) >= 11 is 0. The second-order valence-corrected chi connectivity index (χ2v) is 6.66. The van der Waals surface area contributed by atoms with Gasteiger partial charge in [-0.1, -0.05) is 18.2 Å². The van der Waals surface area contributed by atoms with Gasteiger partial charge in [0.05, 0.1) is 17.1 Å². The molecule has 0 fully saturated rings. The summed E-state index contributed by atoms with van der Waals surface area (Å²) in [5, 5.41) is 14.9. The molecule has 9 nitrogen and oxygen atoms in total. The third-order valence-electron chi connectivity index (χ3n) is 4.51. The number of anilines is 4. The molecule has 1 heterocycles. The Morgan fingerprint density at radius 3 is 2.61 bits per heavy atom. The number of ether oxygens (including phenoxy) is 1. The average molecular weight is 421 g/mol. The number of hydrogen-bond acceptors (Lipinski definition) is 8. The number of carbonyl (C=O) groups excluding carboxylic acids is 1. The van der Waals surface area contributed by atoms with Crippen LogP contribution >= 0.6 is 0 Å². The molecule has 2 aromatic carbocycles. The summed E-state index contributed by atoms with van der Waals surface area (Å²) in [6.45, 7) is 6.29. The normalized spacial score (nSPS) is 10.4. The molecule has 0 aliphatic carbocycles. The lowest BCUT2D eigenvalue weighted by molar-refractivity contribution is -0.383. The fourth-order valence-corrected chi connectivity index (χ4v) is 3.15. The number of hydrogen-bond donors (Lipinski definition) is 1. The summed E-state index contributed by atoms with van der Waals surface area (Å²) in [7, 11) is 0. The van der Waals surface area contributed by atoms with Crippen LogP contribution < -0.4 is 10.2 Å². The van der Waals surface area contributed by atoms with Crippen LogP contribution in [0, 0.1) is 17.0 Å². The maximum Gasteiger partial charge on any atom is 0.354 e. The maximum absolute atomic E-state index is 12.0. The monoisotopic (exact) mass is 421 g/mol. The minimum Gasteiger partial charge on any atom is -0.462 e. The number of benzene rings is 2. The van der Waals surface area contributed by atoms with Gasteiger partial charge in [-0.25, -0.2) is 14.8 Å². The van der Waals surface area contributed by atoms with E-state index in [1.54, 1.807) is 36.1 Å². The molecule has 1 aromatic heterocycles. The first-order valence-electron chi connectivity index (χ1n) is 9.82. The number of esters is 1. The van der Waals surface area contributed by atoms with E-state index in [0.29, 0.717) is 17.8 Å². The van der Waals surface area contributed by atoms with E-state index in [1.807, 2.05) is 38.1 Å². The van der Waals surface area contributed by atoms with Crippen molar-refractivity contribution in [3.63, 3.8) is 0 Å². The van der Waals surface area contributed by atoms with E-state index in [4.69, 9.17) is 4.74 Å². The number of nitro groups is 1. The van der Waals surface area contributed by atoms with Crippen LogP contribution in [-0.2, 0) is 4.74 Å². The Kier molecular flexibility index (Phi) is 6.76. The standard InChI is InChI=1S/C22H23N5O4/c1-4-26(18-11-6-8-15(3)12-18)21-19(27(29)30)20(23-14-24-21)25-17-10-7-9-16(13-17)22(28)31-5-2/h6-14H,4-5H2,1-3H3,(H,23,24,25). The Morgan fingerprint density at radius 2 is 1.94 bits per heavy atom. The molecule has 0 saturated carbocycles. The van der Waals surface area contributed by atoms with E-state index in [1.165, 1.54) is 6.33 Å². The zero-order valence-electron chi connectivity index (χ0n) is 17.5. The molecule has 1 N–H and O–H groups in total. The van der Waals surface area contributed by atoms with Crippen LogP contribution in [-0.4, -0.2) is 34.0 Å². The summed E-state index contributed by atoms with van der Waals surface area (Å²) in [4.78, 5) is 33.5. The molecule has 0 spiro atoms. The van der Waals surface area contributed by atoms with Gasteiger partial charge in [-0.2, -0.15) is 0 Å². The molecule has 0 aliphatic rings. The number of carbonyl (C=O) groups is 1. The minimum absolute atomic E-state index is 0.0297. The summed E-state index contributed by atoms with van der Waals surface area (Å²) < 4.78 is 5.01. The quantitative estimate of drug-likeness (QED) is 0.314. The molecular formula is C22H23N5O4. The largest absolute Gasteiger partial charge is 0.462 e. The van der Waals surface area contributed by atoms with Crippen LogP contribution in [0.2, 0.25) is 0 Å². The van der Waals surface area contributed by atoms with Crippen LogP contribution in [0.15, 0.2) is 54.9 Å². The molecule has 0 unspecified atom stereocenters. The van der Waals surface area contributed by atoms with E-state index in [0.717, 1.165) is 11.3 Å².